The number of carbonyl (C=O) groups excluding carboxylic acids is 1. The van der Waals surface area contributed by atoms with Crippen LogP contribution in [0.25, 0.3) is 10.8 Å². The number of nitrogens with zero attached hydrogens (tertiary/aromatic N) is 1. The van der Waals surface area contributed by atoms with Gasteiger partial charge in [-0.3, -0.25) is 9.69 Å². The van der Waals surface area contributed by atoms with Gasteiger partial charge in [0, 0.05) is 47.4 Å². The van der Waals surface area contributed by atoms with Gasteiger partial charge in [-0.25, -0.2) is 0 Å². The van der Waals surface area contributed by atoms with Crippen molar-refractivity contribution < 1.29 is 24.9 Å². The molecule has 0 aromatic heterocycles. The Balaban J connectivity index is 1.04. The van der Waals surface area contributed by atoms with Crippen molar-refractivity contribution in [1.29, 1.82) is 0 Å². The van der Waals surface area contributed by atoms with E-state index in [2.05, 4.69) is 79.4 Å². The molecule has 3 N–H and O–H groups in total. The summed E-state index contributed by atoms with van der Waals surface area (Å²) >= 11 is 0. The van der Waals surface area contributed by atoms with E-state index in [-0.39, 0.29) is 35.4 Å². The quantitative estimate of drug-likeness (QED) is 0.160. The molecule has 10 rings (SSSR count). The van der Waals surface area contributed by atoms with Crippen LogP contribution in [0.2, 0.25) is 0 Å². The molecule has 3 aromatic rings. The zero-order valence-electron chi connectivity index (χ0n) is 33.7. The number of ketones is 1. The van der Waals surface area contributed by atoms with Crippen LogP contribution in [-0.2, 0) is 22.7 Å². The fourth-order valence-corrected chi connectivity index (χ4v) is 13.7. The van der Waals surface area contributed by atoms with Gasteiger partial charge in [-0.1, -0.05) is 124 Å². The molecule has 0 radical (unpaired) electrons. The third-order valence-corrected chi connectivity index (χ3v) is 16.6. The molecule has 9 unspecified atom stereocenters. The summed E-state index contributed by atoms with van der Waals surface area (Å²) in [7, 11) is 0. The molecule has 0 aliphatic heterocycles. The highest BCUT2D eigenvalue weighted by molar-refractivity contribution is 6.00. The predicted molar refractivity (Wildman–Crippen MR) is 221 cm³/mol. The Labute approximate surface area is 334 Å². The van der Waals surface area contributed by atoms with Crippen LogP contribution in [0.4, 0.5) is 0 Å². The molecule has 0 amide bonds. The first-order chi connectivity index (χ1) is 27.0. The zero-order chi connectivity index (χ0) is 38.8. The van der Waals surface area contributed by atoms with E-state index in [0.717, 1.165) is 68.9 Å². The third kappa shape index (κ3) is 6.11. The first-order valence-corrected chi connectivity index (χ1v) is 21.9. The van der Waals surface area contributed by atoms with Crippen LogP contribution in [0.15, 0.2) is 96.6 Å². The molecule has 56 heavy (non-hydrogen) atoms. The predicted octanol–water partition coefficient (Wildman–Crippen LogP) is 8.96. The summed E-state index contributed by atoms with van der Waals surface area (Å²) in [4.78, 5) is 17.3. The van der Waals surface area contributed by atoms with Crippen molar-refractivity contribution >= 4 is 16.6 Å². The van der Waals surface area contributed by atoms with Gasteiger partial charge in [0.25, 0.3) is 0 Å². The fourth-order valence-electron chi connectivity index (χ4n) is 13.7. The maximum absolute atomic E-state index is 15.0. The van der Waals surface area contributed by atoms with Crippen molar-refractivity contribution in [3.05, 3.63) is 108 Å². The number of benzene rings is 3. The van der Waals surface area contributed by atoms with E-state index in [9.17, 15) is 15.3 Å². The van der Waals surface area contributed by atoms with E-state index in [1.165, 1.54) is 22.8 Å². The van der Waals surface area contributed by atoms with Crippen molar-refractivity contribution in [2.75, 3.05) is 19.7 Å². The van der Waals surface area contributed by atoms with Gasteiger partial charge in [-0.2, -0.15) is 0 Å². The van der Waals surface area contributed by atoms with E-state index in [1.807, 2.05) is 30.3 Å². The molecule has 7 aliphatic rings. The second kappa shape index (κ2) is 14.6. The Morgan fingerprint density at radius 3 is 2.38 bits per heavy atom. The Morgan fingerprint density at radius 1 is 0.839 bits per heavy atom. The van der Waals surface area contributed by atoms with Crippen molar-refractivity contribution in [1.82, 2.24) is 4.90 Å². The van der Waals surface area contributed by atoms with Crippen LogP contribution in [-0.4, -0.2) is 63.5 Å². The van der Waals surface area contributed by atoms with E-state index >= 15 is 4.79 Å². The number of carbonyl (C=O) groups is 1. The number of Topliss-reactive ketones (excluding diaryl/α,β-unsaturated/α-hetero) is 1. The molecule has 4 saturated carbocycles. The lowest BCUT2D eigenvalue weighted by Crippen LogP contribution is -2.67. The highest BCUT2D eigenvalue weighted by Crippen LogP contribution is 2.78. The molecular formula is C50H63NO5. The molecule has 0 heterocycles. The SMILES string of the molecule is CC12CCC(O)CC13C=CC1(C(C(=O)C4CCCCC4)=C3)C2CCC2(C)C1CCC2(O)CN(Cc1cccc2ccccc12)CC(O)COCc1ccccc1. The summed E-state index contributed by atoms with van der Waals surface area (Å²) in [6.07, 6.45) is 17.4. The van der Waals surface area contributed by atoms with Crippen molar-refractivity contribution in [3.8, 4) is 0 Å². The van der Waals surface area contributed by atoms with E-state index in [4.69, 9.17) is 4.74 Å². The molecule has 7 aliphatic carbocycles. The standard InChI is InChI=1S/C50H63NO5/c1-46-23-20-39(52)28-48(46)26-27-50(42(29-48)45(54)37-15-7-4-8-16-37)43(46)21-24-47(2)44(50)22-25-49(47,55)34-51(30-38-18-11-17-36-14-9-10-19-41(36)38)31-40(53)33-56-32-35-12-5-3-6-13-35/h3,5-6,9-14,17-19,26-27,29,37,39-40,43-44,52-53,55H,4,7-8,15-16,20-25,28,30-34H2,1-2H3. The van der Waals surface area contributed by atoms with Gasteiger partial charge in [0.1, 0.15) is 0 Å². The number of aliphatic hydroxyl groups is 3. The Kier molecular flexibility index (Phi) is 10.0. The highest BCUT2D eigenvalue weighted by Gasteiger charge is 2.74. The largest absolute Gasteiger partial charge is 0.393 e. The Bertz CT molecular complexity index is 1980. The Morgan fingerprint density at radius 2 is 1.55 bits per heavy atom. The minimum atomic E-state index is -1.02. The minimum Gasteiger partial charge on any atom is -0.393 e. The van der Waals surface area contributed by atoms with Gasteiger partial charge in [0.05, 0.1) is 31.0 Å². The summed E-state index contributed by atoms with van der Waals surface area (Å²) in [6, 6.07) is 25.0. The molecule has 2 spiro atoms. The van der Waals surface area contributed by atoms with Gasteiger partial charge in [-0.15, -0.1) is 0 Å². The van der Waals surface area contributed by atoms with E-state index in [1.54, 1.807) is 0 Å². The molecule has 298 valence electrons. The van der Waals surface area contributed by atoms with Gasteiger partial charge in [0.15, 0.2) is 5.78 Å². The average Bonchev–Trinajstić information content (AvgIpc) is 3.48. The van der Waals surface area contributed by atoms with Crippen LogP contribution in [0, 0.1) is 39.4 Å². The molecule has 9 atom stereocenters. The molecule has 6 heteroatoms. The maximum Gasteiger partial charge on any atom is 0.162 e. The van der Waals surface area contributed by atoms with Crippen molar-refractivity contribution in [2.45, 2.75) is 122 Å². The van der Waals surface area contributed by atoms with Crippen LogP contribution < -0.4 is 0 Å². The van der Waals surface area contributed by atoms with Crippen molar-refractivity contribution in [2.24, 2.45) is 39.4 Å². The number of aliphatic hydroxyl groups excluding tert-OH is 2. The monoisotopic (exact) mass is 757 g/mol. The van der Waals surface area contributed by atoms with Gasteiger partial charge >= 0.3 is 0 Å². The van der Waals surface area contributed by atoms with Gasteiger partial charge < -0.3 is 20.1 Å². The smallest absolute Gasteiger partial charge is 0.162 e. The lowest BCUT2D eigenvalue weighted by atomic mass is 9.32. The second-order valence-corrected chi connectivity index (χ2v) is 19.5. The molecule has 4 fully saturated rings. The topological polar surface area (TPSA) is 90.2 Å². The van der Waals surface area contributed by atoms with Crippen LogP contribution in [0.1, 0.15) is 102 Å². The van der Waals surface area contributed by atoms with Crippen LogP contribution >= 0.6 is 0 Å². The summed E-state index contributed by atoms with van der Waals surface area (Å²) < 4.78 is 6.04. The molecule has 0 saturated heterocycles. The number of hydrogen-bond acceptors (Lipinski definition) is 6. The fraction of sp³-hybridized carbons (Fsp3) is 0.580. The van der Waals surface area contributed by atoms with Crippen LogP contribution in [0.3, 0.4) is 0 Å². The molecular weight excluding hydrogens is 695 g/mol. The van der Waals surface area contributed by atoms with Gasteiger partial charge in [0.2, 0.25) is 0 Å². The normalized spacial score (nSPS) is 36.9. The van der Waals surface area contributed by atoms with E-state index in [0.29, 0.717) is 50.8 Å². The minimum absolute atomic E-state index is 0.0381. The maximum atomic E-state index is 15.0. The summed E-state index contributed by atoms with van der Waals surface area (Å²) in [5, 5.41) is 38.4. The first-order valence-electron chi connectivity index (χ1n) is 21.9. The highest BCUT2D eigenvalue weighted by atomic mass is 16.5. The van der Waals surface area contributed by atoms with Crippen molar-refractivity contribution in [3.63, 3.8) is 0 Å². The number of fused-ring (bicyclic) bond motifs is 2. The first kappa shape index (κ1) is 38.4. The average molecular weight is 758 g/mol. The summed E-state index contributed by atoms with van der Waals surface area (Å²) in [5.74, 6) is 0.853. The van der Waals surface area contributed by atoms with Gasteiger partial charge in [-0.05, 0) is 96.9 Å². The third-order valence-electron chi connectivity index (χ3n) is 16.6. The summed E-state index contributed by atoms with van der Waals surface area (Å²) in [5.41, 5.74) is 1.07. The lowest BCUT2D eigenvalue weighted by molar-refractivity contribution is -0.180. The zero-order valence-corrected chi connectivity index (χ0v) is 33.7. The van der Waals surface area contributed by atoms with Crippen LogP contribution in [0.5, 0.6) is 0 Å². The number of hydrogen-bond donors (Lipinski definition) is 3. The Hall–Kier alpha value is -3.13. The summed E-state index contributed by atoms with van der Waals surface area (Å²) in [6.45, 7) is 6.87. The number of allylic oxidation sites excluding steroid dienone is 4. The second-order valence-electron chi connectivity index (χ2n) is 19.5. The lowest BCUT2D eigenvalue weighted by Gasteiger charge is -2.71. The number of ether oxygens (including phenoxy) is 1. The number of rotatable bonds is 12. The molecule has 6 nitrogen and oxygen atoms in total. The molecule has 3 aromatic carbocycles. The molecule has 2 bridgehead atoms. The van der Waals surface area contributed by atoms with E-state index < -0.39 is 22.5 Å².